The van der Waals surface area contributed by atoms with Crippen LogP contribution in [0.3, 0.4) is 0 Å². The number of halogens is 1. The molecule has 0 fully saturated rings. The molecule has 0 unspecified atom stereocenters. The van der Waals surface area contributed by atoms with Crippen LogP contribution >= 0.6 is 11.8 Å². The number of nitrogens with zero attached hydrogens (tertiary/aromatic N) is 4. The van der Waals surface area contributed by atoms with Crippen molar-refractivity contribution in [2.45, 2.75) is 63.8 Å². The van der Waals surface area contributed by atoms with E-state index in [9.17, 15) is 9.18 Å². The van der Waals surface area contributed by atoms with Gasteiger partial charge in [-0.1, -0.05) is 45.3 Å². The zero-order valence-corrected chi connectivity index (χ0v) is 25.4. The summed E-state index contributed by atoms with van der Waals surface area (Å²) in [5, 5.41) is 4.99. The summed E-state index contributed by atoms with van der Waals surface area (Å²) in [6.45, 7) is 11.5. The number of benzene rings is 1. The molecule has 9 nitrogen and oxygen atoms in total. The number of hydrogen-bond acceptors (Lipinski definition) is 9. The van der Waals surface area contributed by atoms with Crippen molar-refractivity contribution < 1.29 is 28.1 Å². The van der Waals surface area contributed by atoms with Gasteiger partial charge in [-0.15, -0.1) is 5.10 Å². The average Bonchev–Trinajstić information content (AvgIpc) is 3.27. The van der Waals surface area contributed by atoms with Gasteiger partial charge in [0.05, 0.1) is 20.6 Å². The Morgan fingerprint density at radius 1 is 1.18 bits per heavy atom. The van der Waals surface area contributed by atoms with Crippen molar-refractivity contribution in [1.29, 1.82) is 0 Å². The molecule has 0 aliphatic carbocycles. The maximum absolute atomic E-state index is 14.8. The van der Waals surface area contributed by atoms with Crippen molar-refractivity contribution in [3.63, 3.8) is 0 Å². The predicted octanol–water partition coefficient (Wildman–Crippen LogP) is 6.37. The molecule has 2 aromatic heterocycles. The maximum Gasteiger partial charge on any atom is 0.323 e. The summed E-state index contributed by atoms with van der Waals surface area (Å²) in [7, 11) is 1.61. The van der Waals surface area contributed by atoms with Crippen LogP contribution in [0.15, 0.2) is 35.6 Å². The lowest BCUT2D eigenvalue weighted by molar-refractivity contribution is -0.140. The first-order valence-corrected chi connectivity index (χ1v) is 17.4. The molecule has 3 aromatic rings. The summed E-state index contributed by atoms with van der Waals surface area (Å²) in [5.41, 5.74) is 1.90. The smallest absolute Gasteiger partial charge is 0.323 e. The van der Waals surface area contributed by atoms with E-state index in [4.69, 9.17) is 18.9 Å². The largest absolute Gasteiger partial charge is 0.481 e. The number of esters is 1. The molecule has 12 heteroatoms. The van der Waals surface area contributed by atoms with Crippen molar-refractivity contribution in [2.24, 2.45) is 0 Å². The minimum Gasteiger partial charge on any atom is -0.481 e. The van der Waals surface area contributed by atoms with Gasteiger partial charge in [0, 0.05) is 43.8 Å². The second-order valence-corrected chi connectivity index (χ2v) is 17.1. The van der Waals surface area contributed by atoms with Crippen LogP contribution in [0.2, 0.25) is 25.7 Å². The van der Waals surface area contributed by atoms with E-state index >= 15 is 0 Å². The minimum absolute atomic E-state index is 0.0450. The van der Waals surface area contributed by atoms with Gasteiger partial charge in [0.2, 0.25) is 11.0 Å². The Bertz CT molecular complexity index is 1270. The van der Waals surface area contributed by atoms with Crippen LogP contribution in [0.1, 0.15) is 31.7 Å². The molecule has 0 aliphatic rings. The van der Waals surface area contributed by atoms with E-state index in [0.717, 1.165) is 6.04 Å². The molecule has 1 aromatic carbocycles. The monoisotopic (exact) mass is 576 g/mol. The summed E-state index contributed by atoms with van der Waals surface area (Å²) < 4.78 is 38.7. The highest BCUT2D eigenvalue weighted by Gasteiger charge is 2.22. The number of pyridine rings is 1. The number of ether oxygens (including phenoxy) is 4. The van der Waals surface area contributed by atoms with Crippen LogP contribution in [0.5, 0.6) is 17.6 Å². The molecule has 0 saturated heterocycles. The maximum atomic E-state index is 14.8. The van der Waals surface area contributed by atoms with Gasteiger partial charge in [0.1, 0.15) is 18.3 Å². The molecule has 0 N–H and O–H groups in total. The number of methoxy groups -OCH3 is 2. The van der Waals surface area contributed by atoms with E-state index in [-0.39, 0.29) is 36.9 Å². The van der Waals surface area contributed by atoms with Gasteiger partial charge in [-0.2, -0.15) is 9.67 Å². The molecule has 0 saturated carbocycles. The highest BCUT2D eigenvalue weighted by Crippen LogP contribution is 2.41. The van der Waals surface area contributed by atoms with Crippen molar-refractivity contribution in [1.82, 2.24) is 19.7 Å². The Labute approximate surface area is 234 Å². The highest BCUT2D eigenvalue weighted by atomic mass is 32.2. The summed E-state index contributed by atoms with van der Waals surface area (Å²) in [5.74, 6) is 0.572. The molecule has 0 spiro atoms. The third-order valence-corrected chi connectivity index (χ3v) is 8.29. The number of rotatable bonds is 14. The van der Waals surface area contributed by atoms with Crippen molar-refractivity contribution >= 4 is 25.8 Å². The van der Waals surface area contributed by atoms with Crippen LogP contribution in [0, 0.1) is 5.82 Å². The zero-order valence-electron chi connectivity index (χ0n) is 23.6. The van der Waals surface area contributed by atoms with E-state index in [0.29, 0.717) is 45.8 Å². The molecule has 0 amide bonds. The van der Waals surface area contributed by atoms with Gasteiger partial charge in [0.15, 0.2) is 0 Å². The van der Waals surface area contributed by atoms with Gasteiger partial charge < -0.3 is 18.9 Å². The highest BCUT2D eigenvalue weighted by molar-refractivity contribution is 7.99. The van der Waals surface area contributed by atoms with Crippen molar-refractivity contribution in [3.05, 3.63) is 41.8 Å². The van der Waals surface area contributed by atoms with E-state index in [1.165, 1.54) is 38.1 Å². The topological polar surface area (TPSA) is 97.6 Å². The van der Waals surface area contributed by atoms with Crippen LogP contribution in [0.4, 0.5) is 4.39 Å². The molecule has 0 aliphatic heterocycles. The summed E-state index contributed by atoms with van der Waals surface area (Å²) in [6, 6.07) is 7.60. The Hall–Kier alpha value is -2.96. The molecular formula is C27H37FN4O5SSi. The lowest BCUT2D eigenvalue weighted by atomic mass is 9.95. The minimum atomic E-state index is -1.28. The number of aromatic nitrogens is 4. The molecular weight excluding hydrogens is 539 g/mol. The van der Waals surface area contributed by atoms with E-state index in [1.807, 2.05) is 13.8 Å². The fourth-order valence-corrected chi connectivity index (χ4v) is 5.04. The fraction of sp³-hybridized carbons (Fsp3) is 0.481. The predicted molar refractivity (Wildman–Crippen MR) is 152 cm³/mol. The molecule has 212 valence electrons. The summed E-state index contributed by atoms with van der Waals surface area (Å²) in [4.78, 5) is 20.3. The van der Waals surface area contributed by atoms with Crippen LogP contribution in [-0.2, 0) is 21.0 Å². The normalized spacial score (nSPS) is 11.6. The third kappa shape index (κ3) is 9.04. The van der Waals surface area contributed by atoms with Gasteiger partial charge in [-0.3, -0.25) is 4.79 Å². The fourth-order valence-electron chi connectivity index (χ4n) is 3.54. The number of thioether (sulfide) groups is 1. The van der Waals surface area contributed by atoms with Gasteiger partial charge in [-0.25, -0.2) is 9.37 Å². The zero-order chi connectivity index (χ0) is 28.6. The lowest BCUT2D eigenvalue weighted by Crippen LogP contribution is -2.22. The molecule has 2 heterocycles. The standard InChI is InChI=1S/C27H37FN4O5SSi/c1-18(2)21-15-20(28)16-22(19-8-10-29-23(14-19)34-3)25(21)37-27-30-26(38-12-9-24(33)35-4)31-32(27)17-36-11-13-39(5,6)7/h8,10,14-16,18H,9,11-13,17H2,1-7H3. The first kappa shape index (κ1) is 30.6. The Morgan fingerprint density at radius 3 is 2.62 bits per heavy atom. The SMILES string of the molecule is COC(=O)CCSc1nc(Oc2c(-c3ccnc(OC)c3)cc(F)cc2C(C)C)n(COCC[Si](C)(C)C)n1. The van der Waals surface area contributed by atoms with Crippen molar-refractivity contribution in [3.8, 4) is 28.8 Å². The molecule has 39 heavy (non-hydrogen) atoms. The Balaban J connectivity index is 1.99. The summed E-state index contributed by atoms with van der Waals surface area (Å²) in [6.07, 6.45) is 1.82. The van der Waals surface area contributed by atoms with Gasteiger partial charge >= 0.3 is 12.0 Å². The van der Waals surface area contributed by atoms with Crippen LogP contribution < -0.4 is 9.47 Å². The first-order valence-electron chi connectivity index (χ1n) is 12.7. The Morgan fingerprint density at radius 2 is 1.95 bits per heavy atom. The summed E-state index contributed by atoms with van der Waals surface area (Å²) >= 11 is 1.31. The Kier molecular flexibility index (Phi) is 10.9. The van der Waals surface area contributed by atoms with Crippen LogP contribution in [0.25, 0.3) is 11.1 Å². The molecule has 0 bridgehead atoms. The molecule has 3 rings (SSSR count). The van der Waals surface area contributed by atoms with E-state index < -0.39 is 8.07 Å². The van der Waals surface area contributed by atoms with Gasteiger partial charge in [0.25, 0.3) is 0 Å². The van der Waals surface area contributed by atoms with Gasteiger partial charge in [-0.05, 0) is 35.7 Å². The molecule has 0 radical (unpaired) electrons. The van der Waals surface area contributed by atoms with E-state index in [1.54, 1.807) is 23.0 Å². The lowest BCUT2D eigenvalue weighted by Gasteiger charge is -2.19. The number of carbonyl (C=O) groups is 1. The molecule has 0 atom stereocenters. The van der Waals surface area contributed by atoms with Crippen molar-refractivity contribution in [2.75, 3.05) is 26.6 Å². The second kappa shape index (κ2) is 13.9. The van der Waals surface area contributed by atoms with Crippen LogP contribution in [-0.4, -0.2) is 60.4 Å². The van der Waals surface area contributed by atoms with E-state index in [2.05, 4.69) is 34.7 Å². The second-order valence-electron chi connectivity index (χ2n) is 10.4. The third-order valence-electron chi connectivity index (χ3n) is 5.75. The number of hydrogen-bond donors (Lipinski definition) is 0. The number of carbonyl (C=O) groups excluding carboxylic acids is 1. The first-order chi connectivity index (χ1) is 18.5. The quantitative estimate of drug-likeness (QED) is 0.0938. The average molecular weight is 577 g/mol.